The van der Waals surface area contributed by atoms with E-state index in [-0.39, 0.29) is 12.4 Å². The van der Waals surface area contributed by atoms with Crippen molar-refractivity contribution in [2.75, 3.05) is 33.5 Å². The molecule has 0 heterocycles. The van der Waals surface area contributed by atoms with Gasteiger partial charge in [0.15, 0.2) is 11.5 Å². The molecule has 0 spiro atoms. The molecule has 0 atom stereocenters. The fraction of sp³-hybridized carbons (Fsp3) is 0.647. The molecule has 0 radical (unpaired) electrons. The molecule has 134 valence electrons. The molecular formula is C17H29BrClNO3. The van der Waals surface area contributed by atoms with Crippen LogP contribution in [0, 0.1) is 0 Å². The average molecular weight is 411 g/mol. The monoisotopic (exact) mass is 409 g/mol. The standard InChI is InChI=1S/C17H28BrNO3.ClH/c1-4-6-9-21-10-7-8-19-13-14-11-15(18)17(22-5-2)16(12-14)20-3;/h11-12,19H,4-10,13H2,1-3H3;1H. The van der Waals surface area contributed by atoms with Gasteiger partial charge in [-0.1, -0.05) is 13.3 Å². The van der Waals surface area contributed by atoms with Crippen molar-refractivity contribution in [1.29, 1.82) is 0 Å². The Labute approximate surface area is 154 Å². The highest BCUT2D eigenvalue weighted by Crippen LogP contribution is 2.36. The summed E-state index contributed by atoms with van der Waals surface area (Å²) in [7, 11) is 1.66. The molecule has 0 unspecified atom stereocenters. The summed E-state index contributed by atoms with van der Waals surface area (Å²) in [6.07, 6.45) is 3.36. The predicted octanol–water partition coefficient (Wildman–Crippen LogP) is 4.57. The van der Waals surface area contributed by atoms with E-state index in [0.717, 1.165) is 55.1 Å². The molecule has 0 aliphatic rings. The van der Waals surface area contributed by atoms with Crippen LogP contribution < -0.4 is 14.8 Å². The number of benzene rings is 1. The second kappa shape index (κ2) is 13.9. The molecule has 4 nitrogen and oxygen atoms in total. The van der Waals surface area contributed by atoms with E-state index in [1.165, 1.54) is 12.0 Å². The maximum atomic E-state index is 5.59. The Morgan fingerprint density at radius 2 is 1.87 bits per heavy atom. The molecule has 23 heavy (non-hydrogen) atoms. The third-order valence-corrected chi connectivity index (χ3v) is 3.78. The number of unbranched alkanes of at least 4 members (excludes halogenated alkanes) is 1. The maximum Gasteiger partial charge on any atom is 0.175 e. The summed E-state index contributed by atoms with van der Waals surface area (Å²) in [6.45, 7) is 8.20. The van der Waals surface area contributed by atoms with E-state index >= 15 is 0 Å². The van der Waals surface area contributed by atoms with Crippen LogP contribution in [0.4, 0.5) is 0 Å². The molecule has 1 rings (SSSR count). The Hall–Kier alpha value is -0.490. The maximum absolute atomic E-state index is 5.59. The SMILES string of the molecule is CCCCOCCCNCc1cc(Br)c(OCC)c(OC)c1.Cl. The molecule has 0 bridgehead atoms. The van der Waals surface area contributed by atoms with Crippen molar-refractivity contribution < 1.29 is 14.2 Å². The lowest BCUT2D eigenvalue weighted by atomic mass is 10.2. The number of hydrogen-bond acceptors (Lipinski definition) is 4. The fourth-order valence-corrected chi connectivity index (χ4v) is 2.64. The van der Waals surface area contributed by atoms with Crippen molar-refractivity contribution in [3.63, 3.8) is 0 Å². The first kappa shape index (κ1) is 22.5. The van der Waals surface area contributed by atoms with Crippen LogP contribution in [0.15, 0.2) is 16.6 Å². The van der Waals surface area contributed by atoms with Gasteiger partial charge in [0.1, 0.15) is 0 Å². The molecule has 1 N–H and O–H groups in total. The van der Waals surface area contributed by atoms with Crippen LogP contribution in [0.1, 0.15) is 38.7 Å². The molecule has 0 aliphatic carbocycles. The highest BCUT2D eigenvalue weighted by Gasteiger charge is 2.10. The van der Waals surface area contributed by atoms with Crippen LogP contribution in [-0.2, 0) is 11.3 Å². The number of ether oxygens (including phenoxy) is 3. The van der Waals surface area contributed by atoms with Gasteiger partial charge < -0.3 is 19.5 Å². The number of methoxy groups -OCH3 is 1. The predicted molar refractivity (Wildman–Crippen MR) is 101 cm³/mol. The zero-order valence-corrected chi connectivity index (χ0v) is 16.7. The minimum absolute atomic E-state index is 0. The quantitative estimate of drug-likeness (QED) is 0.512. The molecule has 0 aromatic heterocycles. The summed E-state index contributed by atoms with van der Waals surface area (Å²) in [6, 6.07) is 4.08. The van der Waals surface area contributed by atoms with E-state index in [1.807, 2.05) is 13.0 Å². The van der Waals surface area contributed by atoms with E-state index in [9.17, 15) is 0 Å². The summed E-state index contributed by atoms with van der Waals surface area (Å²) >= 11 is 3.54. The summed E-state index contributed by atoms with van der Waals surface area (Å²) in [5.41, 5.74) is 1.17. The minimum Gasteiger partial charge on any atom is -0.493 e. The Bertz CT molecular complexity index is 433. The Morgan fingerprint density at radius 3 is 2.52 bits per heavy atom. The smallest absolute Gasteiger partial charge is 0.175 e. The van der Waals surface area contributed by atoms with Gasteiger partial charge in [-0.05, 0) is 59.9 Å². The number of nitrogens with one attached hydrogen (secondary N) is 1. The van der Waals surface area contributed by atoms with Crippen LogP contribution in [0.3, 0.4) is 0 Å². The Morgan fingerprint density at radius 1 is 1.13 bits per heavy atom. The average Bonchev–Trinajstić information content (AvgIpc) is 2.52. The van der Waals surface area contributed by atoms with Gasteiger partial charge in [0.05, 0.1) is 18.2 Å². The van der Waals surface area contributed by atoms with E-state index in [4.69, 9.17) is 14.2 Å². The molecule has 0 aliphatic heterocycles. The Kier molecular flexibility index (Phi) is 13.6. The van der Waals surface area contributed by atoms with Crippen molar-refractivity contribution >= 4 is 28.3 Å². The molecule has 0 amide bonds. The van der Waals surface area contributed by atoms with Crippen LogP contribution in [-0.4, -0.2) is 33.5 Å². The van der Waals surface area contributed by atoms with Gasteiger partial charge in [-0.2, -0.15) is 0 Å². The van der Waals surface area contributed by atoms with Crippen molar-refractivity contribution in [1.82, 2.24) is 5.32 Å². The molecule has 0 fully saturated rings. The first-order valence-corrected chi connectivity index (χ1v) is 8.79. The molecule has 0 saturated heterocycles. The van der Waals surface area contributed by atoms with Gasteiger partial charge in [-0.3, -0.25) is 0 Å². The van der Waals surface area contributed by atoms with E-state index in [1.54, 1.807) is 7.11 Å². The third kappa shape index (κ3) is 8.80. The van der Waals surface area contributed by atoms with Crippen molar-refractivity contribution in [2.45, 2.75) is 39.7 Å². The highest BCUT2D eigenvalue weighted by atomic mass is 79.9. The second-order valence-electron chi connectivity index (χ2n) is 5.04. The van der Waals surface area contributed by atoms with Gasteiger partial charge in [0, 0.05) is 19.8 Å². The lowest BCUT2D eigenvalue weighted by molar-refractivity contribution is 0.129. The summed E-state index contributed by atoms with van der Waals surface area (Å²) in [5.74, 6) is 1.52. The summed E-state index contributed by atoms with van der Waals surface area (Å²) < 4.78 is 17.5. The summed E-state index contributed by atoms with van der Waals surface area (Å²) in [4.78, 5) is 0. The fourth-order valence-electron chi connectivity index (χ4n) is 2.04. The Balaban J connectivity index is 0.00000484. The molecule has 1 aromatic rings. The number of rotatable bonds is 12. The lowest BCUT2D eigenvalue weighted by Gasteiger charge is -2.13. The van der Waals surface area contributed by atoms with Crippen molar-refractivity contribution in [3.8, 4) is 11.5 Å². The van der Waals surface area contributed by atoms with E-state index in [0.29, 0.717) is 6.61 Å². The number of hydrogen-bond donors (Lipinski definition) is 1. The summed E-state index contributed by atoms with van der Waals surface area (Å²) in [5, 5.41) is 3.43. The van der Waals surface area contributed by atoms with Gasteiger partial charge in [-0.25, -0.2) is 0 Å². The molecular weight excluding hydrogens is 382 g/mol. The van der Waals surface area contributed by atoms with Crippen LogP contribution in [0.25, 0.3) is 0 Å². The van der Waals surface area contributed by atoms with Gasteiger partial charge >= 0.3 is 0 Å². The molecule has 6 heteroatoms. The first-order chi connectivity index (χ1) is 10.7. The normalized spacial score (nSPS) is 10.3. The van der Waals surface area contributed by atoms with Gasteiger partial charge in [0.2, 0.25) is 0 Å². The lowest BCUT2D eigenvalue weighted by Crippen LogP contribution is -2.16. The van der Waals surface area contributed by atoms with Gasteiger partial charge in [-0.15, -0.1) is 12.4 Å². The number of halogens is 2. The second-order valence-corrected chi connectivity index (χ2v) is 5.89. The first-order valence-electron chi connectivity index (χ1n) is 8.00. The largest absolute Gasteiger partial charge is 0.493 e. The zero-order chi connectivity index (χ0) is 16.2. The minimum atomic E-state index is 0. The van der Waals surface area contributed by atoms with Crippen molar-refractivity contribution in [2.24, 2.45) is 0 Å². The van der Waals surface area contributed by atoms with E-state index in [2.05, 4.69) is 34.2 Å². The van der Waals surface area contributed by atoms with Crippen molar-refractivity contribution in [3.05, 3.63) is 22.2 Å². The third-order valence-electron chi connectivity index (χ3n) is 3.19. The topological polar surface area (TPSA) is 39.7 Å². The van der Waals surface area contributed by atoms with Gasteiger partial charge in [0.25, 0.3) is 0 Å². The molecule has 1 aromatic carbocycles. The van der Waals surface area contributed by atoms with Crippen LogP contribution in [0.2, 0.25) is 0 Å². The van der Waals surface area contributed by atoms with E-state index < -0.39 is 0 Å². The van der Waals surface area contributed by atoms with Crippen LogP contribution >= 0.6 is 28.3 Å². The molecule has 0 saturated carbocycles. The zero-order valence-electron chi connectivity index (χ0n) is 14.3. The van der Waals surface area contributed by atoms with Crippen LogP contribution in [0.5, 0.6) is 11.5 Å². The highest BCUT2D eigenvalue weighted by molar-refractivity contribution is 9.10.